The van der Waals surface area contributed by atoms with Crippen LogP contribution in [0, 0.1) is 12.7 Å². The zero-order chi connectivity index (χ0) is 22.9. The number of hydrogen-bond donors (Lipinski definition) is 2. The third kappa shape index (κ3) is 6.98. The Morgan fingerprint density at radius 3 is 2.38 bits per heavy atom. The normalized spacial score (nSPS) is 10.4. The fraction of sp³-hybridized carbons (Fsp3) is 0.217. The van der Waals surface area contributed by atoms with Gasteiger partial charge in [-0.25, -0.2) is 9.37 Å². The number of amides is 3. The molecule has 32 heavy (non-hydrogen) atoms. The summed E-state index contributed by atoms with van der Waals surface area (Å²) in [4.78, 5) is 42.9. The summed E-state index contributed by atoms with van der Waals surface area (Å²) >= 11 is 1.29. The molecule has 1 aromatic heterocycles. The molecule has 3 aromatic rings. The van der Waals surface area contributed by atoms with Gasteiger partial charge in [0.05, 0.1) is 0 Å². The highest BCUT2D eigenvalue weighted by Crippen LogP contribution is 2.17. The van der Waals surface area contributed by atoms with Gasteiger partial charge in [0.1, 0.15) is 12.4 Å². The summed E-state index contributed by atoms with van der Waals surface area (Å²) < 4.78 is 13.0. The van der Waals surface area contributed by atoms with Gasteiger partial charge in [-0.05, 0) is 36.8 Å². The highest BCUT2D eigenvalue weighted by Gasteiger charge is 2.20. The van der Waals surface area contributed by atoms with Gasteiger partial charge in [0.2, 0.25) is 17.7 Å². The minimum atomic E-state index is -0.365. The number of aryl methyl sites for hydroxylation is 1. The third-order valence-corrected chi connectivity index (χ3v) is 5.28. The van der Waals surface area contributed by atoms with Crippen LogP contribution in [0.25, 0.3) is 0 Å². The summed E-state index contributed by atoms with van der Waals surface area (Å²) in [6, 6.07) is 13.0. The summed E-state index contributed by atoms with van der Waals surface area (Å²) in [5, 5.41) is 7.59. The van der Waals surface area contributed by atoms with Crippen LogP contribution in [0.2, 0.25) is 0 Å². The fourth-order valence-electron chi connectivity index (χ4n) is 2.87. The van der Waals surface area contributed by atoms with E-state index in [4.69, 9.17) is 0 Å². The molecule has 0 saturated carbocycles. The number of nitrogens with zero attached hydrogens (tertiary/aromatic N) is 2. The zero-order valence-electron chi connectivity index (χ0n) is 17.5. The number of anilines is 2. The quantitative estimate of drug-likeness (QED) is 0.516. The molecule has 0 aliphatic heterocycles. The molecule has 166 valence electrons. The number of rotatable bonds is 9. The van der Waals surface area contributed by atoms with Crippen LogP contribution in [0.5, 0.6) is 0 Å². The van der Waals surface area contributed by atoms with Gasteiger partial charge in [0.25, 0.3) is 0 Å². The Balaban J connectivity index is 1.61. The van der Waals surface area contributed by atoms with Gasteiger partial charge in [-0.2, -0.15) is 0 Å². The Labute approximate surface area is 189 Å². The third-order valence-electron chi connectivity index (χ3n) is 4.60. The smallest absolute Gasteiger partial charge is 0.240 e. The second-order valence-electron chi connectivity index (χ2n) is 7.10. The van der Waals surface area contributed by atoms with E-state index in [1.54, 1.807) is 35.8 Å². The van der Waals surface area contributed by atoms with Crippen molar-refractivity contribution in [2.75, 3.05) is 16.8 Å². The first-order valence-electron chi connectivity index (χ1n) is 9.98. The molecule has 1 heterocycles. The fourth-order valence-corrected chi connectivity index (χ4v) is 3.42. The van der Waals surface area contributed by atoms with E-state index in [0.717, 1.165) is 11.1 Å². The van der Waals surface area contributed by atoms with E-state index in [1.165, 1.54) is 28.4 Å². The molecule has 0 aliphatic rings. The molecule has 2 N–H and O–H groups in total. The zero-order valence-corrected chi connectivity index (χ0v) is 18.3. The summed E-state index contributed by atoms with van der Waals surface area (Å²) in [5.74, 6) is -1.39. The van der Waals surface area contributed by atoms with Crippen molar-refractivity contribution in [2.45, 2.75) is 26.3 Å². The number of aromatic nitrogens is 1. The summed E-state index contributed by atoms with van der Waals surface area (Å²) in [7, 11) is 0. The van der Waals surface area contributed by atoms with E-state index < -0.39 is 0 Å². The molecule has 0 bridgehead atoms. The number of carbonyl (C=O) groups excluding carboxylic acids is 3. The monoisotopic (exact) mass is 454 g/mol. The van der Waals surface area contributed by atoms with Crippen molar-refractivity contribution in [3.8, 4) is 0 Å². The molecule has 0 fully saturated rings. The van der Waals surface area contributed by atoms with E-state index in [-0.39, 0.29) is 49.5 Å². The number of carbonyl (C=O) groups is 3. The average molecular weight is 455 g/mol. The Morgan fingerprint density at radius 2 is 1.72 bits per heavy atom. The van der Waals surface area contributed by atoms with Gasteiger partial charge in [0, 0.05) is 36.7 Å². The van der Waals surface area contributed by atoms with Gasteiger partial charge < -0.3 is 15.5 Å². The van der Waals surface area contributed by atoms with E-state index in [2.05, 4.69) is 15.6 Å². The van der Waals surface area contributed by atoms with Crippen molar-refractivity contribution in [3.63, 3.8) is 0 Å². The van der Waals surface area contributed by atoms with Crippen LogP contribution in [0.3, 0.4) is 0 Å². The van der Waals surface area contributed by atoms with Gasteiger partial charge in [-0.1, -0.05) is 29.8 Å². The number of thiazole rings is 1. The van der Waals surface area contributed by atoms with E-state index in [1.807, 2.05) is 19.1 Å². The van der Waals surface area contributed by atoms with Gasteiger partial charge >= 0.3 is 0 Å². The van der Waals surface area contributed by atoms with Crippen LogP contribution in [0.1, 0.15) is 24.0 Å². The minimum Gasteiger partial charge on any atom is -0.350 e. The Morgan fingerprint density at radius 1 is 1.00 bits per heavy atom. The van der Waals surface area contributed by atoms with Crippen molar-refractivity contribution in [3.05, 3.63) is 77.1 Å². The minimum absolute atomic E-state index is 0.0298. The Bertz CT molecular complexity index is 1050. The molecule has 0 spiro atoms. The number of halogens is 1. The lowest BCUT2D eigenvalue weighted by molar-refractivity contribution is -0.125. The molecule has 0 radical (unpaired) electrons. The van der Waals surface area contributed by atoms with Gasteiger partial charge in [-0.3, -0.25) is 14.4 Å². The molecule has 0 saturated heterocycles. The van der Waals surface area contributed by atoms with Crippen molar-refractivity contribution in [2.24, 2.45) is 0 Å². The maximum atomic E-state index is 13.0. The first kappa shape index (κ1) is 23.1. The molecule has 0 unspecified atom stereocenters. The molecule has 0 aliphatic carbocycles. The number of nitrogens with one attached hydrogen (secondary N) is 2. The molecule has 7 nitrogen and oxygen atoms in total. The lowest BCUT2D eigenvalue weighted by Crippen LogP contribution is -2.41. The van der Waals surface area contributed by atoms with Crippen LogP contribution in [0.4, 0.5) is 15.2 Å². The van der Waals surface area contributed by atoms with E-state index in [9.17, 15) is 18.8 Å². The van der Waals surface area contributed by atoms with Crippen LogP contribution < -0.4 is 15.5 Å². The SMILES string of the molecule is Cc1ccc(N(CC(=O)NCc2ccc(F)cc2)C(=O)CCC(=O)Nc2nccs2)cc1. The number of benzene rings is 2. The van der Waals surface area contributed by atoms with Crippen molar-refractivity contribution < 1.29 is 18.8 Å². The highest BCUT2D eigenvalue weighted by molar-refractivity contribution is 7.13. The highest BCUT2D eigenvalue weighted by atomic mass is 32.1. The van der Waals surface area contributed by atoms with Crippen molar-refractivity contribution in [1.29, 1.82) is 0 Å². The van der Waals surface area contributed by atoms with E-state index in [0.29, 0.717) is 10.8 Å². The standard InChI is InChI=1S/C23H23FN4O3S/c1-16-2-8-19(9-3-16)28(15-21(30)26-14-17-4-6-18(24)7-5-17)22(31)11-10-20(29)27-23-25-12-13-32-23/h2-9,12-13H,10-11,14-15H2,1H3,(H,26,30)(H,25,27,29). The van der Waals surface area contributed by atoms with Crippen LogP contribution in [-0.4, -0.2) is 29.3 Å². The lowest BCUT2D eigenvalue weighted by Gasteiger charge is -2.22. The Hall–Kier alpha value is -3.59. The molecule has 3 rings (SSSR count). The van der Waals surface area contributed by atoms with Crippen LogP contribution >= 0.6 is 11.3 Å². The molecular formula is C23H23FN4O3S. The van der Waals surface area contributed by atoms with E-state index >= 15 is 0 Å². The van der Waals surface area contributed by atoms with Crippen molar-refractivity contribution in [1.82, 2.24) is 10.3 Å². The first-order valence-corrected chi connectivity index (χ1v) is 10.9. The van der Waals surface area contributed by atoms with Crippen molar-refractivity contribution >= 4 is 39.9 Å². The van der Waals surface area contributed by atoms with Crippen LogP contribution in [0.15, 0.2) is 60.1 Å². The van der Waals surface area contributed by atoms with Gasteiger partial charge in [0.15, 0.2) is 5.13 Å². The summed E-state index contributed by atoms with van der Waals surface area (Å²) in [6.45, 7) is 1.94. The molecule has 2 aromatic carbocycles. The predicted octanol–water partition coefficient (Wildman–Crippen LogP) is 3.66. The Kier molecular flexibility index (Phi) is 8.04. The topological polar surface area (TPSA) is 91.4 Å². The molecule has 3 amide bonds. The second-order valence-corrected chi connectivity index (χ2v) is 8.00. The maximum Gasteiger partial charge on any atom is 0.240 e. The molecular weight excluding hydrogens is 431 g/mol. The van der Waals surface area contributed by atoms with Crippen LogP contribution in [-0.2, 0) is 20.9 Å². The molecule has 0 atom stereocenters. The van der Waals surface area contributed by atoms with Gasteiger partial charge in [-0.15, -0.1) is 11.3 Å². The summed E-state index contributed by atoms with van der Waals surface area (Å²) in [6.07, 6.45) is 1.49. The second kappa shape index (κ2) is 11.1. The average Bonchev–Trinajstić information content (AvgIpc) is 3.29. The predicted molar refractivity (Wildman–Crippen MR) is 122 cm³/mol. The maximum absolute atomic E-state index is 13.0. The summed E-state index contributed by atoms with van der Waals surface area (Å²) in [5.41, 5.74) is 2.33. The molecule has 9 heteroatoms. The first-order chi connectivity index (χ1) is 15.4. The number of hydrogen-bond acceptors (Lipinski definition) is 5. The largest absolute Gasteiger partial charge is 0.350 e. The lowest BCUT2D eigenvalue weighted by atomic mass is 10.2.